The van der Waals surface area contributed by atoms with E-state index < -0.39 is 5.82 Å². The molecule has 1 aromatic heterocycles. The summed E-state index contributed by atoms with van der Waals surface area (Å²) in [6.45, 7) is 0.256. The lowest BCUT2D eigenvalue weighted by Crippen LogP contribution is -2.31. The molecule has 1 aliphatic carbocycles. The van der Waals surface area contributed by atoms with Crippen molar-refractivity contribution in [2.45, 2.75) is 31.7 Å². The van der Waals surface area contributed by atoms with E-state index in [0.29, 0.717) is 11.4 Å². The zero-order valence-electron chi connectivity index (χ0n) is 10.6. The first-order valence-corrected chi connectivity index (χ1v) is 6.69. The molecule has 0 atom stereocenters. The smallest absolute Gasteiger partial charge is 0.211 e. The minimum absolute atomic E-state index is 0.123. The molecule has 0 aliphatic heterocycles. The van der Waals surface area contributed by atoms with Crippen molar-refractivity contribution in [3.8, 4) is 0 Å². The average molecular weight is 261 g/mol. The maximum atomic E-state index is 13.5. The van der Waals surface area contributed by atoms with Crippen LogP contribution in [0, 0.1) is 5.82 Å². The Kier molecular flexibility index (Phi) is 3.34. The summed E-state index contributed by atoms with van der Waals surface area (Å²) in [4.78, 5) is 12.0. The first-order valence-electron chi connectivity index (χ1n) is 6.69. The number of Topliss-reactive ketones (excluding diaryl/α,β-unsaturated/α-hetero) is 1. The summed E-state index contributed by atoms with van der Waals surface area (Å²) in [7, 11) is 0. The predicted octanol–water partition coefficient (Wildman–Crippen LogP) is 3.29. The Morgan fingerprint density at radius 3 is 2.89 bits per heavy atom. The van der Waals surface area contributed by atoms with E-state index in [-0.39, 0.29) is 23.7 Å². The second kappa shape index (κ2) is 5.13. The van der Waals surface area contributed by atoms with E-state index in [1.807, 2.05) is 0 Å². The monoisotopic (exact) mass is 261 g/mol. The van der Waals surface area contributed by atoms with Crippen LogP contribution in [0.2, 0.25) is 0 Å². The van der Waals surface area contributed by atoms with Gasteiger partial charge in [0.1, 0.15) is 0 Å². The SMILES string of the molecule is O=C(CNC1CCCC1)c1cc2cccc(F)c2o1. The molecule has 3 nitrogen and oxygen atoms in total. The van der Waals surface area contributed by atoms with E-state index in [2.05, 4.69) is 5.32 Å². The van der Waals surface area contributed by atoms with Gasteiger partial charge >= 0.3 is 0 Å². The van der Waals surface area contributed by atoms with E-state index in [4.69, 9.17) is 4.42 Å². The number of hydrogen-bond acceptors (Lipinski definition) is 3. The van der Waals surface area contributed by atoms with Crippen molar-refractivity contribution in [1.29, 1.82) is 0 Å². The molecule has 0 bridgehead atoms. The highest BCUT2D eigenvalue weighted by atomic mass is 19.1. The molecule has 0 radical (unpaired) electrons. The van der Waals surface area contributed by atoms with Crippen LogP contribution in [0.5, 0.6) is 0 Å². The van der Waals surface area contributed by atoms with Crippen molar-refractivity contribution < 1.29 is 13.6 Å². The fourth-order valence-electron chi connectivity index (χ4n) is 2.62. The zero-order valence-corrected chi connectivity index (χ0v) is 10.6. The number of fused-ring (bicyclic) bond motifs is 1. The number of rotatable bonds is 4. The van der Waals surface area contributed by atoms with Crippen LogP contribution in [0.1, 0.15) is 36.2 Å². The Hall–Kier alpha value is -1.68. The van der Waals surface area contributed by atoms with Gasteiger partial charge in [-0.05, 0) is 25.0 Å². The highest BCUT2D eigenvalue weighted by molar-refractivity contribution is 5.98. The molecule has 0 amide bonds. The fourth-order valence-corrected chi connectivity index (χ4v) is 2.62. The Balaban J connectivity index is 1.72. The van der Waals surface area contributed by atoms with Crippen molar-refractivity contribution >= 4 is 16.8 Å². The predicted molar refractivity (Wildman–Crippen MR) is 70.8 cm³/mol. The number of carbonyl (C=O) groups excluding carboxylic acids is 1. The molecule has 1 N–H and O–H groups in total. The minimum atomic E-state index is -0.430. The summed E-state index contributed by atoms with van der Waals surface area (Å²) in [6, 6.07) is 6.72. The van der Waals surface area contributed by atoms with Gasteiger partial charge in [0.15, 0.2) is 17.2 Å². The van der Waals surface area contributed by atoms with Gasteiger partial charge in [0.25, 0.3) is 0 Å². The number of benzene rings is 1. The van der Waals surface area contributed by atoms with Gasteiger partial charge in [0.05, 0.1) is 6.54 Å². The van der Waals surface area contributed by atoms with Gasteiger partial charge in [0.2, 0.25) is 5.78 Å². The maximum Gasteiger partial charge on any atom is 0.211 e. The molecule has 0 saturated heterocycles. The van der Waals surface area contributed by atoms with Crippen LogP contribution in [-0.4, -0.2) is 18.4 Å². The maximum absolute atomic E-state index is 13.5. The lowest BCUT2D eigenvalue weighted by atomic mass is 10.2. The van der Waals surface area contributed by atoms with Gasteiger partial charge in [0, 0.05) is 11.4 Å². The summed E-state index contributed by atoms with van der Waals surface area (Å²) in [5.74, 6) is -0.326. The first-order chi connectivity index (χ1) is 9.24. The fraction of sp³-hybridized carbons (Fsp3) is 0.400. The lowest BCUT2D eigenvalue weighted by molar-refractivity contribution is 0.0962. The number of furan rings is 1. The second-order valence-electron chi connectivity index (χ2n) is 5.05. The average Bonchev–Trinajstić information content (AvgIpc) is 3.05. The molecule has 1 fully saturated rings. The van der Waals surface area contributed by atoms with Crippen LogP contribution in [0.4, 0.5) is 4.39 Å². The highest BCUT2D eigenvalue weighted by Crippen LogP contribution is 2.22. The molecule has 1 aliphatic rings. The third-order valence-electron chi connectivity index (χ3n) is 3.68. The molecular weight excluding hydrogens is 245 g/mol. The van der Waals surface area contributed by atoms with Crippen molar-refractivity contribution in [3.05, 3.63) is 35.8 Å². The Labute approximate surface area is 110 Å². The topological polar surface area (TPSA) is 42.2 Å². The van der Waals surface area contributed by atoms with Gasteiger partial charge in [-0.15, -0.1) is 0 Å². The number of carbonyl (C=O) groups is 1. The van der Waals surface area contributed by atoms with Gasteiger partial charge in [-0.25, -0.2) is 4.39 Å². The molecule has 1 aromatic carbocycles. The molecule has 2 aromatic rings. The third-order valence-corrected chi connectivity index (χ3v) is 3.68. The van der Waals surface area contributed by atoms with Crippen LogP contribution in [0.25, 0.3) is 11.0 Å². The first kappa shape index (κ1) is 12.4. The summed E-state index contributed by atoms with van der Waals surface area (Å²) < 4.78 is 18.8. The van der Waals surface area contributed by atoms with Crippen molar-refractivity contribution in [3.63, 3.8) is 0 Å². The number of halogens is 1. The van der Waals surface area contributed by atoms with E-state index in [1.165, 1.54) is 18.9 Å². The van der Waals surface area contributed by atoms with Crippen molar-refractivity contribution in [2.24, 2.45) is 0 Å². The number of ketones is 1. The lowest BCUT2D eigenvalue weighted by Gasteiger charge is -2.09. The molecule has 1 heterocycles. The molecule has 1 saturated carbocycles. The van der Waals surface area contributed by atoms with Gasteiger partial charge < -0.3 is 9.73 Å². The Bertz CT molecular complexity index is 599. The molecule has 4 heteroatoms. The summed E-state index contributed by atoms with van der Waals surface area (Å²) in [5.41, 5.74) is 0.159. The van der Waals surface area contributed by atoms with Crippen LogP contribution in [-0.2, 0) is 0 Å². The van der Waals surface area contributed by atoms with Crippen LogP contribution < -0.4 is 5.32 Å². The second-order valence-corrected chi connectivity index (χ2v) is 5.05. The summed E-state index contributed by atoms with van der Waals surface area (Å²) in [5, 5.41) is 3.86. The quantitative estimate of drug-likeness (QED) is 0.859. The Morgan fingerprint density at radius 2 is 2.16 bits per heavy atom. The van der Waals surface area contributed by atoms with Gasteiger partial charge in [-0.1, -0.05) is 25.0 Å². The van der Waals surface area contributed by atoms with Crippen LogP contribution in [0.15, 0.2) is 28.7 Å². The van der Waals surface area contributed by atoms with Crippen LogP contribution >= 0.6 is 0 Å². The highest BCUT2D eigenvalue weighted by Gasteiger charge is 2.18. The molecule has 3 rings (SSSR count). The molecule has 100 valence electrons. The Morgan fingerprint density at radius 1 is 1.37 bits per heavy atom. The third kappa shape index (κ3) is 2.54. The molecule has 19 heavy (non-hydrogen) atoms. The van der Waals surface area contributed by atoms with Crippen molar-refractivity contribution in [2.75, 3.05) is 6.54 Å². The zero-order chi connectivity index (χ0) is 13.2. The molecule has 0 spiro atoms. The number of para-hydroxylation sites is 1. The molecular formula is C15H16FNO2. The van der Waals surface area contributed by atoms with Gasteiger partial charge in [-0.3, -0.25) is 4.79 Å². The normalized spacial score (nSPS) is 16.3. The summed E-state index contributed by atoms with van der Waals surface area (Å²) in [6.07, 6.45) is 4.70. The largest absolute Gasteiger partial charge is 0.450 e. The minimum Gasteiger partial charge on any atom is -0.450 e. The van der Waals surface area contributed by atoms with E-state index >= 15 is 0 Å². The van der Waals surface area contributed by atoms with E-state index in [1.54, 1.807) is 18.2 Å². The van der Waals surface area contributed by atoms with E-state index in [9.17, 15) is 9.18 Å². The van der Waals surface area contributed by atoms with Crippen LogP contribution in [0.3, 0.4) is 0 Å². The van der Waals surface area contributed by atoms with E-state index in [0.717, 1.165) is 12.8 Å². The number of nitrogens with one attached hydrogen (secondary N) is 1. The molecule has 0 unspecified atom stereocenters. The summed E-state index contributed by atoms with van der Waals surface area (Å²) >= 11 is 0. The number of hydrogen-bond donors (Lipinski definition) is 1. The van der Waals surface area contributed by atoms with Crippen molar-refractivity contribution in [1.82, 2.24) is 5.32 Å². The standard InChI is InChI=1S/C15H16FNO2/c16-12-7-3-4-10-8-14(19-15(10)12)13(18)9-17-11-5-1-2-6-11/h3-4,7-8,11,17H,1-2,5-6,9H2. The van der Waals surface area contributed by atoms with Gasteiger partial charge in [-0.2, -0.15) is 0 Å².